The molecule has 132 valence electrons. The molecule has 6 nitrogen and oxygen atoms in total. The number of nitrogens with one attached hydrogen (secondary N) is 3. The summed E-state index contributed by atoms with van der Waals surface area (Å²) in [4.78, 5) is 35.4. The average molecular weight is 333 g/mol. The van der Waals surface area contributed by atoms with E-state index < -0.39 is 6.04 Å². The van der Waals surface area contributed by atoms with Crippen molar-refractivity contribution in [3.63, 3.8) is 0 Å². The first-order valence-corrected chi connectivity index (χ1v) is 8.04. The topological polar surface area (TPSA) is 87.3 Å². The summed E-state index contributed by atoms with van der Waals surface area (Å²) < 4.78 is 0. The highest BCUT2D eigenvalue weighted by molar-refractivity contribution is 5.97. The molecule has 0 radical (unpaired) electrons. The van der Waals surface area contributed by atoms with Crippen LogP contribution < -0.4 is 16.0 Å². The maximum absolute atomic E-state index is 12.1. The van der Waals surface area contributed by atoms with Crippen molar-refractivity contribution in [2.75, 3.05) is 11.9 Å². The van der Waals surface area contributed by atoms with Crippen molar-refractivity contribution in [1.29, 1.82) is 0 Å². The zero-order chi connectivity index (χ0) is 18.4. The molecule has 1 unspecified atom stereocenters. The van der Waals surface area contributed by atoms with E-state index in [0.29, 0.717) is 0 Å². The van der Waals surface area contributed by atoms with Gasteiger partial charge in [-0.05, 0) is 37.8 Å². The van der Waals surface area contributed by atoms with Crippen molar-refractivity contribution >= 4 is 23.4 Å². The van der Waals surface area contributed by atoms with E-state index >= 15 is 0 Å². The van der Waals surface area contributed by atoms with Gasteiger partial charge in [0.1, 0.15) is 6.04 Å². The molecule has 0 fully saturated rings. The molecule has 3 amide bonds. The van der Waals surface area contributed by atoms with Gasteiger partial charge in [0.15, 0.2) is 0 Å². The minimum Gasteiger partial charge on any atom is -0.345 e. The minimum atomic E-state index is -0.654. The summed E-state index contributed by atoms with van der Waals surface area (Å²) in [7, 11) is 0. The molecule has 1 aromatic carbocycles. The number of hydrogen-bond donors (Lipinski definition) is 3. The first-order chi connectivity index (χ1) is 11.1. The average Bonchev–Trinajstić information content (AvgIpc) is 2.45. The molecule has 1 aromatic rings. The predicted molar refractivity (Wildman–Crippen MR) is 94.7 cm³/mol. The van der Waals surface area contributed by atoms with Crippen LogP contribution in [0.25, 0.3) is 0 Å². The van der Waals surface area contributed by atoms with Crippen molar-refractivity contribution in [2.24, 2.45) is 5.92 Å². The largest absolute Gasteiger partial charge is 0.345 e. The van der Waals surface area contributed by atoms with Crippen molar-refractivity contribution in [3.05, 3.63) is 28.8 Å². The quantitative estimate of drug-likeness (QED) is 0.742. The highest BCUT2D eigenvalue weighted by Crippen LogP contribution is 2.21. The predicted octanol–water partition coefficient (Wildman–Crippen LogP) is 1.83. The Kier molecular flexibility index (Phi) is 6.95. The number of carbonyl (C=O) groups is 3. The zero-order valence-electron chi connectivity index (χ0n) is 15.2. The van der Waals surface area contributed by atoms with Crippen LogP contribution in [0.5, 0.6) is 0 Å². The molecular weight excluding hydrogens is 306 g/mol. The van der Waals surface area contributed by atoms with Crippen LogP contribution in [0, 0.1) is 26.7 Å². The summed E-state index contributed by atoms with van der Waals surface area (Å²) in [5, 5.41) is 8.00. The van der Waals surface area contributed by atoms with Crippen molar-refractivity contribution in [1.82, 2.24) is 10.6 Å². The molecule has 3 N–H and O–H groups in total. The molecule has 1 rings (SSSR count). The van der Waals surface area contributed by atoms with E-state index in [0.717, 1.165) is 22.4 Å². The fourth-order valence-electron chi connectivity index (χ4n) is 2.59. The molecule has 24 heavy (non-hydrogen) atoms. The third-order valence-electron chi connectivity index (χ3n) is 3.67. The lowest BCUT2D eigenvalue weighted by Gasteiger charge is -2.21. The summed E-state index contributed by atoms with van der Waals surface area (Å²) in [5.41, 5.74) is 3.85. The van der Waals surface area contributed by atoms with E-state index in [2.05, 4.69) is 16.0 Å². The molecule has 0 spiro atoms. The molecule has 0 saturated carbocycles. The van der Waals surface area contributed by atoms with Crippen LogP contribution in [-0.2, 0) is 14.4 Å². The summed E-state index contributed by atoms with van der Waals surface area (Å²) in [6.45, 7) is 10.7. The Morgan fingerprint density at radius 3 is 2.04 bits per heavy atom. The van der Waals surface area contributed by atoms with Crippen LogP contribution in [0.4, 0.5) is 5.69 Å². The van der Waals surface area contributed by atoms with Gasteiger partial charge in [-0.15, -0.1) is 0 Å². The van der Waals surface area contributed by atoms with Crippen molar-refractivity contribution in [3.8, 4) is 0 Å². The van der Waals surface area contributed by atoms with Crippen LogP contribution in [0.2, 0.25) is 0 Å². The van der Waals surface area contributed by atoms with Crippen LogP contribution in [0.1, 0.15) is 37.5 Å². The van der Waals surface area contributed by atoms with E-state index in [1.54, 1.807) is 0 Å². The van der Waals surface area contributed by atoms with Gasteiger partial charge in [-0.3, -0.25) is 14.4 Å². The Balaban J connectivity index is 2.66. The Hall–Kier alpha value is -2.37. The van der Waals surface area contributed by atoms with Crippen molar-refractivity contribution in [2.45, 2.75) is 47.6 Å². The first kappa shape index (κ1) is 19.7. The third-order valence-corrected chi connectivity index (χ3v) is 3.67. The Morgan fingerprint density at radius 1 is 1.04 bits per heavy atom. The lowest BCUT2D eigenvalue weighted by Crippen LogP contribution is -2.50. The van der Waals surface area contributed by atoms with Crippen LogP contribution in [0.15, 0.2) is 12.1 Å². The van der Waals surface area contributed by atoms with E-state index in [1.807, 2.05) is 46.8 Å². The van der Waals surface area contributed by atoms with E-state index in [1.165, 1.54) is 6.92 Å². The van der Waals surface area contributed by atoms with Crippen molar-refractivity contribution < 1.29 is 14.4 Å². The second-order valence-electron chi connectivity index (χ2n) is 6.46. The molecule has 6 heteroatoms. The molecule has 0 bridgehead atoms. The highest BCUT2D eigenvalue weighted by atomic mass is 16.2. The van der Waals surface area contributed by atoms with Gasteiger partial charge >= 0.3 is 0 Å². The molecule has 0 aliphatic rings. The number of amides is 3. The molecular formula is C18H27N3O3. The van der Waals surface area contributed by atoms with Gasteiger partial charge in [-0.25, -0.2) is 0 Å². The maximum atomic E-state index is 12.1. The number of hydrogen-bond acceptors (Lipinski definition) is 3. The smallest absolute Gasteiger partial charge is 0.243 e. The zero-order valence-corrected chi connectivity index (χ0v) is 15.2. The lowest BCUT2D eigenvalue weighted by molar-refractivity contribution is -0.130. The van der Waals surface area contributed by atoms with Crippen LogP contribution >= 0.6 is 0 Å². The van der Waals surface area contributed by atoms with E-state index in [4.69, 9.17) is 0 Å². The van der Waals surface area contributed by atoms with Crippen LogP contribution in [-0.4, -0.2) is 30.3 Å². The van der Waals surface area contributed by atoms with Gasteiger partial charge in [-0.2, -0.15) is 0 Å². The van der Waals surface area contributed by atoms with Gasteiger partial charge in [0.25, 0.3) is 0 Å². The number of rotatable bonds is 6. The maximum Gasteiger partial charge on any atom is 0.243 e. The first-order valence-electron chi connectivity index (χ1n) is 8.04. The number of benzene rings is 1. The fourth-order valence-corrected chi connectivity index (χ4v) is 2.59. The second-order valence-corrected chi connectivity index (χ2v) is 6.46. The van der Waals surface area contributed by atoms with E-state index in [9.17, 15) is 14.4 Å². The molecule has 1 atom stereocenters. The third kappa shape index (κ3) is 5.68. The van der Waals surface area contributed by atoms with Gasteiger partial charge in [0.2, 0.25) is 17.7 Å². The molecule has 0 aromatic heterocycles. The van der Waals surface area contributed by atoms with Gasteiger partial charge < -0.3 is 16.0 Å². The molecule has 0 aliphatic carbocycles. The van der Waals surface area contributed by atoms with E-state index in [-0.39, 0.29) is 30.2 Å². The fraction of sp³-hybridized carbons (Fsp3) is 0.500. The summed E-state index contributed by atoms with van der Waals surface area (Å²) >= 11 is 0. The van der Waals surface area contributed by atoms with Gasteiger partial charge in [-0.1, -0.05) is 31.5 Å². The summed E-state index contributed by atoms with van der Waals surface area (Å²) in [6.07, 6.45) is 0. The molecule has 0 saturated heterocycles. The monoisotopic (exact) mass is 333 g/mol. The normalized spacial score (nSPS) is 11.8. The lowest BCUT2D eigenvalue weighted by atomic mass is 10.0. The number of anilines is 1. The SMILES string of the molecule is CC(=O)NC(C(=O)NCC(=O)Nc1c(C)cc(C)cc1C)C(C)C. The molecule has 0 aliphatic heterocycles. The number of aryl methyl sites for hydroxylation is 3. The van der Waals surface area contributed by atoms with Crippen LogP contribution in [0.3, 0.4) is 0 Å². The van der Waals surface area contributed by atoms with Gasteiger partial charge in [0.05, 0.1) is 6.54 Å². The minimum absolute atomic E-state index is 0.0708. The Bertz CT molecular complexity index is 615. The van der Waals surface area contributed by atoms with Gasteiger partial charge in [0, 0.05) is 12.6 Å². The standard InChI is InChI=1S/C18H27N3O3/c1-10(2)16(20-14(6)22)18(24)19-9-15(23)21-17-12(4)7-11(3)8-13(17)5/h7-8,10,16H,9H2,1-6H3,(H,19,24)(H,20,22)(H,21,23). The Morgan fingerprint density at radius 2 is 1.58 bits per heavy atom. The Labute approximate surface area is 143 Å². The highest BCUT2D eigenvalue weighted by Gasteiger charge is 2.23. The number of carbonyl (C=O) groups excluding carboxylic acids is 3. The summed E-state index contributed by atoms with van der Waals surface area (Å²) in [5.74, 6) is -1.02. The molecule has 0 heterocycles. The summed E-state index contributed by atoms with van der Waals surface area (Å²) in [6, 6.07) is 3.33. The second kappa shape index (κ2) is 8.47.